The molecule has 3 heterocycles. The molecular formula is C17H19N3OS. The summed E-state index contributed by atoms with van der Waals surface area (Å²) >= 11 is 1.69. The Morgan fingerprint density at radius 2 is 2.05 bits per heavy atom. The number of imidazole rings is 1. The quantitative estimate of drug-likeness (QED) is 0.776. The third kappa shape index (κ3) is 2.87. The van der Waals surface area contributed by atoms with Gasteiger partial charge in [0, 0.05) is 12.0 Å². The van der Waals surface area contributed by atoms with E-state index in [1.807, 2.05) is 18.2 Å². The van der Waals surface area contributed by atoms with Crippen molar-refractivity contribution in [3.8, 4) is 5.06 Å². The van der Waals surface area contributed by atoms with Gasteiger partial charge in [0.25, 0.3) is 0 Å². The molecule has 0 radical (unpaired) electrons. The molecule has 0 unspecified atom stereocenters. The van der Waals surface area contributed by atoms with E-state index in [9.17, 15) is 0 Å². The van der Waals surface area contributed by atoms with Crippen molar-refractivity contribution in [2.45, 2.75) is 25.4 Å². The van der Waals surface area contributed by atoms with Crippen molar-refractivity contribution in [2.75, 3.05) is 13.1 Å². The molecule has 4 rings (SSSR count). The Hall–Kier alpha value is -1.85. The van der Waals surface area contributed by atoms with Crippen LogP contribution in [0, 0.1) is 0 Å². The highest BCUT2D eigenvalue weighted by molar-refractivity contribution is 7.12. The first-order valence-corrected chi connectivity index (χ1v) is 8.64. The number of nitrogens with one attached hydrogen (secondary N) is 2. The minimum atomic E-state index is 0.342. The lowest BCUT2D eigenvalue weighted by molar-refractivity contribution is 0.166. The van der Waals surface area contributed by atoms with Crippen LogP contribution < -0.4 is 10.1 Å². The molecular weight excluding hydrogens is 294 g/mol. The Labute approximate surface area is 133 Å². The predicted molar refractivity (Wildman–Crippen MR) is 89.7 cm³/mol. The number of H-pyrrole nitrogens is 1. The maximum absolute atomic E-state index is 6.21. The van der Waals surface area contributed by atoms with Gasteiger partial charge in [0.2, 0.25) is 0 Å². The van der Waals surface area contributed by atoms with E-state index in [1.54, 1.807) is 11.3 Å². The fraction of sp³-hybridized carbons (Fsp3) is 0.353. The second kappa shape index (κ2) is 6.10. The summed E-state index contributed by atoms with van der Waals surface area (Å²) in [6.45, 7) is 2.10. The smallest absolute Gasteiger partial charge is 0.177 e. The number of hydrogen-bond donors (Lipinski definition) is 2. The second-order valence-corrected chi connectivity index (χ2v) is 6.56. The highest BCUT2D eigenvalue weighted by Gasteiger charge is 2.17. The fourth-order valence-electron chi connectivity index (χ4n) is 2.89. The maximum atomic E-state index is 6.21. The SMILES string of the molecule is c1ccc2[nH]c(Cc3ccsc3OC3CCNCC3)nc2c1. The van der Waals surface area contributed by atoms with Gasteiger partial charge in [-0.3, -0.25) is 0 Å². The molecule has 0 bridgehead atoms. The molecule has 0 amide bonds. The van der Waals surface area contributed by atoms with Crippen LogP contribution in [-0.4, -0.2) is 29.2 Å². The van der Waals surface area contributed by atoms with Gasteiger partial charge in [-0.1, -0.05) is 12.1 Å². The number of nitrogens with zero attached hydrogens (tertiary/aromatic N) is 1. The first-order chi connectivity index (χ1) is 10.9. The molecule has 0 saturated carbocycles. The minimum absolute atomic E-state index is 0.342. The van der Waals surface area contributed by atoms with Gasteiger partial charge in [0.1, 0.15) is 11.9 Å². The van der Waals surface area contributed by atoms with Crippen LogP contribution in [0.1, 0.15) is 24.2 Å². The minimum Gasteiger partial charge on any atom is -0.480 e. The number of piperidine rings is 1. The second-order valence-electron chi connectivity index (χ2n) is 5.68. The molecule has 0 atom stereocenters. The van der Waals surface area contributed by atoms with Gasteiger partial charge in [-0.25, -0.2) is 4.98 Å². The third-order valence-corrected chi connectivity index (χ3v) is 4.91. The number of thiophene rings is 1. The van der Waals surface area contributed by atoms with Crippen molar-refractivity contribution in [1.29, 1.82) is 0 Å². The zero-order chi connectivity index (χ0) is 14.8. The summed E-state index contributed by atoms with van der Waals surface area (Å²) in [7, 11) is 0. The average molecular weight is 313 g/mol. The summed E-state index contributed by atoms with van der Waals surface area (Å²) in [4.78, 5) is 8.05. The number of aromatic nitrogens is 2. The van der Waals surface area contributed by atoms with E-state index < -0.39 is 0 Å². The van der Waals surface area contributed by atoms with Crippen LogP contribution in [0.25, 0.3) is 11.0 Å². The summed E-state index contributed by atoms with van der Waals surface area (Å²) < 4.78 is 6.21. The van der Waals surface area contributed by atoms with Gasteiger partial charge in [-0.2, -0.15) is 0 Å². The Morgan fingerprint density at radius 1 is 1.18 bits per heavy atom. The third-order valence-electron chi connectivity index (χ3n) is 4.06. The van der Waals surface area contributed by atoms with E-state index in [-0.39, 0.29) is 0 Å². The highest BCUT2D eigenvalue weighted by Crippen LogP contribution is 2.30. The summed E-state index contributed by atoms with van der Waals surface area (Å²) in [5, 5.41) is 6.53. The molecule has 0 spiro atoms. The fourth-order valence-corrected chi connectivity index (χ4v) is 3.73. The van der Waals surface area contributed by atoms with Gasteiger partial charge in [-0.15, -0.1) is 11.3 Å². The zero-order valence-corrected chi connectivity index (χ0v) is 13.2. The molecule has 1 saturated heterocycles. The van der Waals surface area contributed by atoms with Crippen molar-refractivity contribution in [3.05, 3.63) is 47.1 Å². The normalized spacial score (nSPS) is 16.2. The van der Waals surface area contributed by atoms with Crippen molar-refractivity contribution in [3.63, 3.8) is 0 Å². The number of hydrogen-bond acceptors (Lipinski definition) is 4. The van der Waals surface area contributed by atoms with Gasteiger partial charge in [0.15, 0.2) is 5.06 Å². The summed E-state index contributed by atoms with van der Waals surface area (Å²) in [6, 6.07) is 10.3. The molecule has 22 heavy (non-hydrogen) atoms. The van der Waals surface area contributed by atoms with Crippen molar-refractivity contribution >= 4 is 22.4 Å². The van der Waals surface area contributed by atoms with E-state index in [4.69, 9.17) is 4.74 Å². The van der Waals surface area contributed by atoms with Crippen molar-refractivity contribution < 1.29 is 4.74 Å². The van der Waals surface area contributed by atoms with Crippen molar-refractivity contribution in [1.82, 2.24) is 15.3 Å². The van der Waals surface area contributed by atoms with E-state index in [0.717, 1.165) is 54.3 Å². The average Bonchev–Trinajstić information content (AvgIpc) is 3.15. The van der Waals surface area contributed by atoms with Crippen LogP contribution in [0.3, 0.4) is 0 Å². The summed E-state index contributed by atoms with van der Waals surface area (Å²) in [5.41, 5.74) is 3.34. The number of fused-ring (bicyclic) bond motifs is 1. The predicted octanol–water partition coefficient (Wildman–Crippen LogP) is 3.35. The van der Waals surface area contributed by atoms with Crippen molar-refractivity contribution in [2.24, 2.45) is 0 Å². The molecule has 2 N–H and O–H groups in total. The van der Waals surface area contributed by atoms with Gasteiger partial charge < -0.3 is 15.0 Å². The molecule has 1 aromatic carbocycles. The van der Waals surface area contributed by atoms with Crippen LogP contribution in [0.2, 0.25) is 0 Å². The molecule has 0 aliphatic carbocycles. The molecule has 4 nitrogen and oxygen atoms in total. The molecule has 3 aromatic rings. The maximum Gasteiger partial charge on any atom is 0.177 e. The van der Waals surface area contributed by atoms with Crippen LogP contribution in [0.4, 0.5) is 0 Å². The van der Waals surface area contributed by atoms with Gasteiger partial charge in [0.05, 0.1) is 11.0 Å². The van der Waals surface area contributed by atoms with Crippen LogP contribution >= 0.6 is 11.3 Å². The first-order valence-electron chi connectivity index (χ1n) is 7.76. The largest absolute Gasteiger partial charge is 0.480 e. The lowest BCUT2D eigenvalue weighted by Gasteiger charge is -2.23. The molecule has 2 aromatic heterocycles. The Balaban J connectivity index is 1.51. The standard InChI is InChI=1S/C17H19N3OS/c1-2-4-15-14(3-1)19-16(20-15)11-12-7-10-22-17(12)21-13-5-8-18-9-6-13/h1-4,7,10,13,18H,5-6,8-9,11H2,(H,19,20). The molecule has 5 heteroatoms. The number of rotatable bonds is 4. The Kier molecular flexibility index (Phi) is 3.83. The lowest BCUT2D eigenvalue weighted by atomic mass is 10.1. The number of ether oxygens (including phenoxy) is 1. The topological polar surface area (TPSA) is 49.9 Å². The van der Waals surface area contributed by atoms with Gasteiger partial charge in [-0.05, 0) is 49.5 Å². The van der Waals surface area contributed by atoms with Gasteiger partial charge >= 0.3 is 0 Å². The molecule has 1 aliphatic rings. The van der Waals surface area contributed by atoms with E-state index in [2.05, 4.69) is 32.8 Å². The molecule has 1 aliphatic heterocycles. The number of para-hydroxylation sites is 2. The molecule has 1 fully saturated rings. The van der Waals surface area contributed by atoms with Crippen LogP contribution in [-0.2, 0) is 6.42 Å². The summed E-state index contributed by atoms with van der Waals surface area (Å²) in [6.07, 6.45) is 3.30. The lowest BCUT2D eigenvalue weighted by Crippen LogP contribution is -2.34. The highest BCUT2D eigenvalue weighted by atomic mass is 32.1. The molecule has 114 valence electrons. The first kappa shape index (κ1) is 13.8. The van der Waals surface area contributed by atoms with E-state index >= 15 is 0 Å². The Bertz CT molecular complexity index is 725. The monoisotopic (exact) mass is 313 g/mol. The summed E-state index contributed by atoms with van der Waals surface area (Å²) in [5.74, 6) is 0.995. The van der Waals surface area contributed by atoms with Crippen LogP contribution in [0.5, 0.6) is 5.06 Å². The number of benzene rings is 1. The van der Waals surface area contributed by atoms with Crippen LogP contribution in [0.15, 0.2) is 35.7 Å². The zero-order valence-electron chi connectivity index (χ0n) is 12.3. The van der Waals surface area contributed by atoms with E-state index in [0.29, 0.717) is 6.10 Å². The number of aromatic amines is 1. The Morgan fingerprint density at radius 3 is 2.91 bits per heavy atom. The van der Waals surface area contributed by atoms with E-state index in [1.165, 1.54) is 5.56 Å².